The van der Waals surface area contributed by atoms with Gasteiger partial charge in [-0.3, -0.25) is 9.59 Å². The number of benzene rings is 1. The number of nitrogens with one attached hydrogen (secondary N) is 3. The lowest BCUT2D eigenvalue weighted by Gasteiger charge is -2.21. The summed E-state index contributed by atoms with van der Waals surface area (Å²) in [4.78, 5) is 28.7. The highest BCUT2D eigenvalue weighted by atomic mass is 32.2. The first-order chi connectivity index (χ1) is 13.8. The molecule has 1 aliphatic rings. The molecule has 3 N–H and O–H groups in total. The molecule has 1 aliphatic carbocycles. The number of sulfonamides is 1. The number of hydrogen-bond donors (Lipinski definition) is 3. The molecule has 11 heteroatoms. The van der Waals surface area contributed by atoms with Crippen LogP contribution in [0.4, 0.5) is 5.69 Å². The Morgan fingerprint density at radius 3 is 2.72 bits per heavy atom. The van der Waals surface area contributed by atoms with Gasteiger partial charge in [0.2, 0.25) is 10.0 Å². The first kappa shape index (κ1) is 20.9. The number of anilines is 1. The van der Waals surface area contributed by atoms with Gasteiger partial charge in [-0.05, 0) is 30.4 Å². The van der Waals surface area contributed by atoms with Crippen LogP contribution in [0.15, 0.2) is 36.9 Å². The van der Waals surface area contributed by atoms with Crippen LogP contribution in [-0.4, -0.2) is 53.8 Å². The molecule has 1 aromatic heterocycles. The molecule has 0 saturated heterocycles. The number of nitrogens with zero attached hydrogens (tertiary/aromatic N) is 3. The van der Waals surface area contributed by atoms with Crippen molar-refractivity contribution in [3.63, 3.8) is 0 Å². The third-order valence-corrected chi connectivity index (χ3v) is 5.55. The summed E-state index contributed by atoms with van der Waals surface area (Å²) in [5.74, 6) is -1.55. The average Bonchev–Trinajstić information content (AvgIpc) is 3.33. The Morgan fingerprint density at radius 2 is 2.00 bits per heavy atom. The minimum atomic E-state index is -3.30. The molecular formula is C18H24N6O4S. The molecule has 1 fully saturated rings. The summed E-state index contributed by atoms with van der Waals surface area (Å²) in [7, 11) is -3.30. The lowest BCUT2D eigenvalue weighted by Crippen LogP contribution is -2.46. The smallest absolute Gasteiger partial charge is 0.313 e. The topological polar surface area (TPSA) is 135 Å². The predicted molar refractivity (Wildman–Crippen MR) is 106 cm³/mol. The zero-order valence-corrected chi connectivity index (χ0v) is 16.9. The molecule has 0 bridgehead atoms. The van der Waals surface area contributed by atoms with Gasteiger partial charge in [0, 0.05) is 18.3 Å². The maximum Gasteiger partial charge on any atom is 0.313 e. The number of para-hydroxylation sites is 1. The van der Waals surface area contributed by atoms with E-state index < -0.39 is 21.8 Å². The second-order valence-electron chi connectivity index (χ2n) is 7.10. The molecule has 10 nitrogen and oxygen atoms in total. The summed E-state index contributed by atoms with van der Waals surface area (Å²) < 4.78 is 26.7. The van der Waals surface area contributed by atoms with E-state index >= 15 is 0 Å². The quantitative estimate of drug-likeness (QED) is 0.544. The minimum Gasteiger partial charge on any atom is -0.345 e. The fourth-order valence-electron chi connectivity index (χ4n) is 3.41. The van der Waals surface area contributed by atoms with Crippen LogP contribution in [0.25, 0.3) is 0 Å². The highest BCUT2D eigenvalue weighted by Crippen LogP contribution is 2.25. The molecule has 1 heterocycles. The summed E-state index contributed by atoms with van der Waals surface area (Å²) in [5, 5.41) is 9.42. The van der Waals surface area contributed by atoms with Crippen LogP contribution >= 0.6 is 0 Å². The number of rotatable bonds is 7. The number of hydrogen-bond acceptors (Lipinski definition) is 6. The van der Waals surface area contributed by atoms with Gasteiger partial charge in [0.1, 0.15) is 12.7 Å². The van der Waals surface area contributed by atoms with Gasteiger partial charge in [0.25, 0.3) is 0 Å². The maximum atomic E-state index is 12.4. The van der Waals surface area contributed by atoms with Crippen molar-refractivity contribution in [2.24, 2.45) is 5.92 Å². The van der Waals surface area contributed by atoms with E-state index in [4.69, 9.17) is 0 Å². The minimum absolute atomic E-state index is 0.0407. The number of aromatic nitrogens is 3. The summed E-state index contributed by atoms with van der Waals surface area (Å²) in [6, 6.07) is 6.90. The monoisotopic (exact) mass is 420 g/mol. The van der Waals surface area contributed by atoms with Crippen molar-refractivity contribution < 1.29 is 18.0 Å². The number of carbonyl (C=O) groups is 2. The Labute approximate surface area is 169 Å². The first-order valence-corrected chi connectivity index (χ1v) is 11.2. The van der Waals surface area contributed by atoms with Crippen LogP contribution in [0.3, 0.4) is 0 Å². The zero-order chi connectivity index (χ0) is 20.9. The lowest BCUT2D eigenvalue weighted by atomic mass is 10.0. The summed E-state index contributed by atoms with van der Waals surface area (Å²) in [6.07, 6.45) is 6.44. The normalized spacial score (nSPS) is 19.1. The maximum absolute atomic E-state index is 12.4. The van der Waals surface area contributed by atoms with E-state index in [9.17, 15) is 18.0 Å². The van der Waals surface area contributed by atoms with Crippen molar-refractivity contribution in [2.45, 2.75) is 31.8 Å². The van der Waals surface area contributed by atoms with Crippen molar-refractivity contribution in [1.82, 2.24) is 24.8 Å². The van der Waals surface area contributed by atoms with Crippen LogP contribution in [0.1, 0.15) is 24.8 Å². The van der Waals surface area contributed by atoms with E-state index in [2.05, 4.69) is 25.4 Å². The molecule has 3 rings (SSSR count). The summed E-state index contributed by atoms with van der Waals surface area (Å²) >= 11 is 0. The molecule has 0 aliphatic heterocycles. The Balaban J connectivity index is 1.59. The van der Waals surface area contributed by atoms with Gasteiger partial charge in [0.15, 0.2) is 0 Å². The zero-order valence-electron chi connectivity index (χ0n) is 16.0. The molecule has 0 radical (unpaired) electrons. The third kappa shape index (κ3) is 6.09. The standard InChI is InChI=1S/C18H24N6O4S/c1-29(27,28)21-9-13-6-4-8-15(13)22-17(25)18(26)23-16-7-3-2-5-14(16)10-24-12-19-11-20-24/h2-3,5,7,11-13,15,21H,4,6,8-10H2,1H3,(H,22,25)(H,23,26). The van der Waals surface area contributed by atoms with Crippen LogP contribution in [0, 0.1) is 5.92 Å². The van der Waals surface area contributed by atoms with Crippen LogP contribution < -0.4 is 15.4 Å². The highest BCUT2D eigenvalue weighted by molar-refractivity contribution is 7.88. The molecule has 156 valence electrons. The largest absolute Gasteiger partial charge is 0.345 e. The van der Waals surface area contributed by atoms with Gasteiger partial charge >= 0.3 is 11.8 Å². The Bertz CT molecular complexity index is 960. The number of carbonyl (C=O) groups excluding carboxylic acids is 2. The van der Waals surface area contributed by atoms with Crippen LogP contribution in [0.2, 0.25) is 0 Å². The first-order valence-electron chi connectivity index (χ1n) is 9.28. The summed E-state index contributed by atoms with van der Waals surface area (Å²) in [5.41, 5.74) is 1.31. The predicted octanol–water partition coefficient (Wildman–Crippen LogP) is 0.0990. The molecule has 2 atom stereocenters. The van der Waals surface area contributed by atoms with Crippen molar-refractivity contribution in [3.05, 3.63) is 42.5 Å². The van der Waals surface area contributed by atoms with E-state index in [1.54, 1.807) is 23.1 Å². The van der Waals surface area contributed by atoms with E-state index in [0.29, 0.717) is 18.7 Å². The van der Waals surface area contributed by atoms with Gasteiger partial charge in [0.05, 0.1) is 12.8 Å². The van der Waals surface area contributed by atoms with E-state index in [0.717, 1.165) is 24.7 Å². The van der Waals surface area contributed by atoms with E-state index in [1.807, 2.05) is 12.1 Å². The number of amides is 2. The van der Waals surface area contributed by atoms with Crippen LogP contribution in [0.5, 0.6) is 0 Å². The van der Waals surface area contributed by atoms with Crippen molar-refractivity contribution in [3.8, 4) is 0 Å². The average molecular weight is 420 g/mol. The van der Waals surface area contributed by atoms with Crippen molar-refractivity contribution in [2.75, 3.05) is 18.1 Å². The molecule has 1 aromatic carbocycles. The van der Waals surface area contributed by atoms with Gasteiger partial charge in [-0.2, -0.15) is 5.10 Å². The van der Waals surface area contributed by atoms with Gasteiger partial charge in [-0.15, -0.1) is 0 Å². The summed E-state index contributed by atoms with van der Waals surface area (Å²) in [6.45, 7) is 0.645. The second kappa shape index (κ2) is 9.14. The SMILES string of the molecule is CS(=O)(=O)NCC1CCCC1NC(=O)C(=O)Nc1ccccc1Cn1cncn1. The van der Waals surface area contributed by atoms with Gasteiger partial charge in [-0.1, -0.05) is 24.6 Å². The molecule has 1 saturated carbocycles. The van der Waals surface area contributed by atoms with Crippen molar-refractivity contribution >= 4 is 27.5 Å². The Hall–Kier alpha value is -2.79. The molecule has 29 heavy (non-hydrogen) atoms. The Morgan fingerprint density at radius 1 is 1.21 bits per heavy atom. The highest BCUT2D eigenvalue weighted by Gasteiger charge is 2.30. The van der Waals surface area contributed by atoms with Crippen molar-refractivity contribution in [1.29, 1.82) is 0 Å². The fourth-order valence-corrected chi connectivity index (χ4v) is 3.93. The Kier molecular flexibility index (Phi) is 6.60. The molecule has 2 aromatic rings. The lowest BCUT2D eigenvalue weighted by molar-refractivity contribution is -0.136. The molecule has 0 spiro atoms. The molecule has 2 amide bonds. The second-order valence-corrected chi connectivity index (χ2v) is 8.93. The van der Waals surface area contributed by atoms with Crippen LogP contribution in [-0.2, 0) is 26.2 Å². The fraction of sp³-hybridized carbons (Fsp3) is 0.444. The van der Waals surface area contributed by atoms with Gasteiger partial charge in [-0.25, -0.2) is 22.8 Å². The van der Waals surface area contributed by atoms with Gasteiger partial charge < -0.3 is 10.6 Å². The third-order valence-electron chi connectivity index (χ3n) is 4.85. The molecule has 2 unspecified atom stereocenters. The molecular weight excluding hydrogens is 396 g/mol. The van der Waals surface area contributed by atoms with E-state index in [1.165, 1.54) is 6.33 Å². The van der Waals surface area contributed by atoms with E-state index in [-0.39, 0.29) is 18.5 Å².